The van der Waals surface area contributed by atoms with Crippen LogP contribution in [-0.2, 0) is 14.7 Å². The van der Waals surface area contributed by atoms with Gasteiger partial charge >= 0.3 is 13.2 Å². The Labute approximate surface area is 154 Å². The maximum atomic E-state index is 11.6. The molecule has 1 aliphatic rings. The number of benzene rings is 1. The van der Waals surface area contributed by atoms with Gasteiger partial charge in [-0.05, 0) is 57.1 Å². The number of hydrogen-bond acceptors (Lipinski definition) is 4. The summed E-state index contributed by atoms with van der Waals surface area (Å²) in [4.78, 5) is 11.6. The van der Waals surface area contributed by atoms with E-state index in [1.54, 1.807) is 6.07 Å². The number of hydrogen-bond donors (Lipinski definition) is 1. The second-order valence-electron chi connectivity index (χ2n) is 9.04. The second kappa shape index (κ2) is 5.57. The van der Waals surface area contributed by atoms with Crippen molar-refractivity contribution in [3.05, 3.63) is 23.4 Å². The Morgan fingerprint density at radius 1 is 1.15 bits per heavy atom. The molecule has 1 fully saturated rings. The average Bonchev–Trinajstić information content (AvgIpc) is 2.91. The molecule has 0 bridgehead atoms. The molecule has 1 aromatic carbocycles. The average molecular weight is 358 g/mol. The molecule has 6 nitrogen and oxygen atoms in total. The summed E-state index contributed by atoms with van der Waals surface area (Å²) in [5, 5.41) is 14.5. The van der Waals surface area contributed by atoms with E-state index >= 15 is 0 Å². The quantitative estimate of drug-likeness (QED) is 0.791. The molecule has 1 saturated heterocycles. The van der Waals surface area contributed by atoms with Crippen LogP contribution in [0.3, 0.4) is 0 Å². The Morgan fingerprint density at radius 3 is 2.15 bits per heavy atom. The van der Waals surface area contributed by atoms with Crippen molar-refractivity contribution in [2.45, 2.75) is 72.0 Å². The zero-order valence-electron chi connectivity index (χ0n) is 16.8. The molecule has 26 heavy (non-hydrogen) atoms. The third-order valence-corrected chi connectivity index (χ3v) is 5.49. The number of fused-ring (bicyclic) bond motifs is 1. The predicted octanol–water partition coefficient (Wildman–Crippen LogP) is 3.47. The van der Waals surface area contributed by atoms with E-state index in [1.165, 1.54) is 0 Å². The first-order chi connectivity index (χ1) is 11.8. The molecule has 0 atom stereocenters. The van der Waals surface area contributed by atoms with Crippen LogP contribution in [0.2, 0.25) is 0 Å². The topological polar surface area (TPSA) is 73.6 Å². The Kier molecular flexibility index (Phi) is 4.05. The minimum absolute atomic E-state index is 0.241. The lowest BCUT2D eigenvalue weighted by atomic mass is 9.68. The van der Waals surface area contributed by atoms with Gasteiger partial charge < -0.3 is 14.4 Å². The monoisotopic (exact) mass is 358 g/mol. The molecule has 2 aromatic rings. The number of aromatic nitrogens is 2. The highest BCUT2D eigenvalue weighted by atomic mass is 16.7. The lowest BCUT2D eigenvalue weighted by Crippen LogP contribution is -2.41. The van der Waals surface area contributed by atoms with Gasteiger partial charge in [0.1, 0.15) is 0 Å². The molecule has 3 rings (SSSR count). The highest BCUT2D eigenvalue weighted by Gasteiger charge is 2.52. The van der Waals surface area contributed by atoms with E-state index in [0.717, 1.165) is 21.1 Å². The van der Waals surface area contributed by atoms with Gasteiger partial charge in [0.05, 0.1) is 22.4 Å². The van der Waals surface area contributed by atoms with Gasteiger partial charge in [-0.15, -0.1) is 0 Å². The molecule has 7 heteroatoms. The van der Waals surface area contributed by atoms with Gasteiger partial charge in [-0.2, -0.15) is 9.78 Å². The fourth-order valence-corrected chi connectivity index (χ4v) is 3.52. The smallest absolute Gasteiger partial charge is 0.463 e. The highest BCUT2D eigenvalue weighted by Crippen LogP contribution is 2.39. The number of carbonyl (C=O) groups is 1. The first kappa shape index (κ1) is 18.9. The van der Waals surface area contributed by atoms with Crippen molar-refractivity contribution in [3.63, 3.8) is 0 Å². The molecule has 0 aliphatic carbocycles. The number of rotatable bonds is 1. The third kappa shape index (κ3) is 2.74. The maximum absolute atomic E-state index is 11.6. The van der Waals surface area contributed by atoms with Gasteiger partial charge in [-0.25, -0.2) is 4.79 Å². The first-order valence-electron chi connectivity index (χ1n) is 8.88. The van der Waals surface area contributed by atoms with Crippen molar-refractivity contribution in [2.75, 3.05) is 0 Å². The van der Waals surface area contributed by atoms with Crippen LogP contribution in [-0.4, -0.2) is 39.3 Å². The van der Waals surface area contributed by atoms with Crippen LogP contribution in [0.5, 0.6) is 0 Å². The molecule has 0 radical (unpaired) electrons. The van der Waals surface area contributed by atoms with Crippen molar-refractivity contribution < 1.29 is 19.2 Å². The molecular formula is C19H27BN2O4. The molecule has 140 valence electrons. The highest BCUT2D eigenvalue weighted by molar-refractivity contribution is 6.63. The molecule has 1 N–H and O–H groups in total. The first-order valence-corrected chi connectivity index (χ1v) is 8.88. The van der Waals surface area contributed by atoms with Gasteiger partial charge in [0.15, 0.2) is 0 Å². The molecule has 0 amide bonds. The van der Waals surface area contributed by atoms with Crippen molar-refractivity contribution in [1.29, 1.82) is 0 Å². The van der Waals surface area contributed by atoms with Gasteiger partial charge in [0.2, 0.25) is 0 Å². The van der Waals surface area contributed by atoms with Crippen LogP contribution in [0.4, 0.5) is 4.79 Å². The normalized spacial score (nSPS) is 19.3. The third-order valence-electron chi connectivity index (χ3n) is 5.49. The summed E-state index contributed by atoms with van der Waals surface area (Å²) < 4.78 is 13.6. The van der Waals surface area contributed by atoms with E-state index in [-0.39, 0.29) is 5.41 Å². The summed E-state index contributed by atoms with van der Waals surface area (Å²) in [6.07, 6.45) is -1.09. The van der Waals surface area contributed by atoms with E-state index in [1.807, 2.05) is 40.7 Å². The predicted molar refractivity (Wildman–Crippen MR) is 102 cm³/mol. The maximum Gasteiger partial charge on any atom is 0.495 e. The Balaban J connectivity index is 2.28. The lowest BCUT2D eigenvalue weighted by Gasteiger charge is -2.32. The molecule has 1 aliphatic heterocycles. The van der Waals surface area contributed by atoms with E-state index < -0.39 is 24.4 Å². The second-order valence-corrected chi connectivity index (χ2v) is 9.04. The zero-order chi connectivity index (χ0) is 19.7. The van der Waals surface area contributed by atoms with Crippen LogP contribution >= 0.6 is 0 Å². The summed E-state index contributed by atoms with van der Waals surface area (Å²) >= 11 is 0. The molecular weight excluding hydrogens is 331 g/mol. The van der Waals surface area contributed by atoms with E-state index in [4.69, 9.17) is 9.31 Å². The van der Waals surface area contributed by atoms with E-state index in [2.05, 4.69) is 25.9 Å². The van der Waals surface area contributed by atoms with Gasteiger partial charge in [-0.1, -0.05) is 26.8 Å². The van der Waals surface area contributed by atoms with Crippen molar-refractivity contribution in [3.8, 4) is 0 Å². The Morgan fingerprint density at radius 2 is 1.69 bits per heavy atom. The van der Waals surface area contributed by atoms with Crippen LogP contribution in [0, 0.1) is 6.92 Å². The van der Waals surface area contributed by atoms with E-state index in [0.29, 0.717) is 11.2 Å². The minimum atomic E-state index is -1.09. The summed E-state index contributed by atoms with van der Waals surface area (Å²) in [5.41, 5.74) is 2.08. The number of nitrogens with zero attached hydrogens (tertiary/aromatic N) is 2. The SMILES string of the molecule is Cc1nn(C(=O)O)c2ccc(B3OC(C)(C)C(C)(C)O3)c(C(C)(C)C)c12. The molecule has 0 saturated carbocycles. The fourth-order valence-electron chi connectivity index (χ4n) is 3.52. The Hall–Kier alpha value is -1.86. The lowest BCUT2D eigenvalue weighted by molar-refractivity contribution is 0.00578. The van der Waals surface area contributed by atoms with Crippen LogP contribution in [0.15, 0.2) is 12.1 Å². The fraction of sp³-hybridized carbons (Fsp3) is 0.579. The van der Waals surface area contributed by atoms with Gasteiger partial charge in [-0.3, -0.25) is 0 Å². The summed E-state index contributed by atoms with van der Waals surface area (Å²) in [7, 11) is -0.508. The summed E-state index contributed by atoms with van der Waals surface area (Å²) in [6.45, 7) is 16.2. The summed E-state index contributed by atoms with van der Waals surface area (Å²) in [6, 6.07) is 3.70. The standard InChI is InChI=1S/C19H27BN2O4/c1-11-14-13(22(21-11)16(23)24)10-9-12(15(14)17(2,3)4)20-25-18(5,6)19(7,8)26-20/h9-10H,1-8H3,(H,23,24). The van der Waals surface area contributed by atoms with Gasteiger partial charge in [0, 0.05) is 5.39 Å². The van der Waals surface area contributed by atoms with Crippen LogP contribution in [0.1, 0.15) is 59.7 Å². The molecule has 0 unspecified atom stereocenters. The summed E-state index contributed by atoms with van der Waals surface area (Å²) in [5.74, 6) is 0. The van der Waals surface area contributed by atoms with E-state index in [9.17, 15) is 9.90 Å². The van der Waals surface area contributed by atoms with Crippen molar-refractivity contribution in [2.24, 2.45) is 0 Å². The molecule has 2 heterocycles. The van der Waals surface area contributed by atoms with Crippen LogP contribution < -0.4 is 5.46 Å². The van der Waals surface area contributed by atoms with Crippen molar-refractivity contribution >= 4 is 29.6 Å². The number of carboxylic acid groups (broad SMARTS) is 1. The molecule has 1 aromatic heterocycles. The molecule has 0 spiro atoms. The van der Waals surface area contributed by atoms with Crippen LogP contribution in [0.25, 0.3) is 10.9 Å². The van der Waals surface area contributed by atoms with Crippen molar-refractivity contribution in [1.82, 2.24) is 9.78 Å². The van der Waals surface area contributed by atoms with Gasteiger partial charge in [0.25, 0.3) is 0 Å². The minimum Gasteiger partial charge on any atom is -0.463 e. The Bertz CT molecular complexity index is 877. The zero-order valence-corrected chi connectivity index (χ0v) is 16.8. The largest absolute Gasteiger partial charge is 0.495 e. The number of aryl methyl sites for hydroxylation is 1.